The van der Waals surface area contributed by atoms with E-state index < -0.39 is 0 Å². The van der Waals surface area contributed by atoms with Crippen LogP contribution in [0.2, 0.25) is 0 Å². The van der Waals surface area contributed by atoms with Crippen LogP contribution in [0.1, 0.15) is 11.1 Å². The first-order valence-electron chi connectivity index (χ1n) is 7.98. The maximum Gasteiger partial charge on any atom is 0.239 e. The molecule has 0 radical (unpaired) electrons. The quantitative estimate of drug-likeness (QED) is 0.699. The zero-order chi connectivity index (χ0) is 18.4. The zero-order valence-corrected chi connectivity index (χ0v) is 14.2. The molecule has 0 aliphatic carbocycles. The predicted molar refractivity (Wildman–Crippen MR) is 95.7 cm³/mol. The van der Waals surface area contributed by atoms with Crippen molar-refractivity contribution in [3.05, 3.63) is 59.7 Å². The molecule has 0 saturated heterocycles. The standard InChI is InChI=1S/C18H17N7O/c1-25-18(22-23-24-25)15-5-7-16(8-6-15)20-12-17(26)21-11-14-4-2-3-13(9-14)10-19/h2-9,20H,11-12H2,1H3,(H,21,26). The summed E-state index contributed by atoms with van der Waals surface area (Å²) >= 11 is 0. The van der Waals surface area contributed by atoms with Gasteiger partial charge in [0, 0.05) is 24.8 Å². The molecule has 2 N–H and O–H groups in total. The Morgan fingerprint density at radius 2 is 2.04 bits per heavy atom. The number of anilines is 1. The first-order chi connectivity index (χ1) is 12.7. The molecule has 26 heavy (non-hydrogen) atoms. The zero-order valence-electron chi connectivity index (χ0n) is 14.2. The summed E-state index contributed by atoms with van der Waals surface area (Å²) in [4.78, 5) is 12.0. The summed E-state index contributed by atoms with van der Waals surface area (Å²) in [6, 6.07) is 16.7. The van der Waals surface area contributed by atoms with Gasteiger partial charge in [-0.2, -0.15) is 5.26 Å². The van der Waals surface area contributed by atoms with Crippen molar-refractivity contribution in [2.24, 2.45) is 7.05 Å². The molecule has 0 spiro atoms. The van der Waals surface area contributed by atoms with E-state index >= 15 is 0 Å². The van der Waals surface area contributed by atoms with E-state index in [9.17, 15) is 4.79 Å². The van der Waals surface area contributed by atoms with Crippen LogP contribution in [0.25, 0.3) is 11.4 Å². The molecule has 0 bridgehead atoms. The Labute approximate surface area is 150 Å². The van der Waals surface area contributed by atoms with Crippen molar-refractivity contribution in [2.75, 3.05) is 11.9 Å². The molecule has 1 amide bonds. The van der Waals surface area contributed by atoms with E-state index in [1.807, 2.05) is 30.3 Å². The summed E-state index contributed by atoms with van der Waals surface area (Å²) in [7, 11) is 1.78. The van der Waals surface area contributed by atoms with Gasteiger partial charge in [-0.25, -0.2) is 4.68 Å². The van der Waals surface area contributed by atoms with Crippen molar-refractivity contribution in [3.8, 4) is 17.5 Å². The summed E-state index contributed by atoms with van der Waals surface area (Å²) in [5.41, 5.74) is 3.18. The van der Waals surface area contributed by atoms with Crippen LogP contribution < -0.4 is 10.6 Å². The minimum atomic E-state index is -0.131. The molecule has 8 heteroatoms. The number of nitriles is 1. The highest BCUT2D eigenvalue weighted by Crippen LogP contribution is 2.17. The summed E-state index contributed by atoms with van der Waals surface area (Å²) in [5.74, 6) is 0.544. The van der Waals surface area contributed by atoms with Crippen molar-refractivity contribution >= 4 is 11.6 Å². The van der Waals surface area contributed by atoms with E-state index in [0.29, 0.717) is 17.9 Å². The third-order valence-electron chi connectivity index (χ3n) is 3.76. The number of amides is 1. The van der Waals surface area contributed by atoms with E-state index in [1.165, 1.54) is 0 Å². The van der Waals surface area contributed by atoms with Crippen LogP contribution in [0.5, 0.6) is 0 Å². The lowest BCUT2D eigenvalue weighted by molar-refractivity contribution is -0.119. The second kappa shape index (κ2) is 7.90. The van der Waals surface area contributed by atoms with Crippen LogP contribution >= 0.6 is 0 Å². The van der Waals surface area contributed by atoms with Crippen LogP contribution in [-0.4, -0.2) is 32.7 Å². The van der Waals surface area contributed by atoms with Gasteiger partial charge in [-0.1, -0.05) is 12.1 Å². The van der Waals surface area contributed by atoms with Crippen molar-refractivity contribution in [3.63, 3.8) is 0 Å². The van der Waals surface area contributed by atoms with E-state index in [2.05, 4.69) is 32.2 Å². The number of rotatable bonds is 6. The molecule has 2 aromatic carbocycles. The lowest BCUT2D eigenvalue weighted by Crippen LogP contribution is -2.29. The molecular weight excluding hydrogens is 330 g/mol. The average Bonchev–Trinajstić information content (AvgIpc) is 3.11. The minimum absolute atomic E-state index is 0.131. The molecule has 1 heterocycles. The second-order valence-corrected chi connectivity index (χ2v) is 5.65. The molecular formula is C18H17N7O. The van der Waals surface area contributed by atoms with E-state index in [1.54, 1.807) is 29.9 Å². The molecule has 8 nitrogen and oxygen atoms in total. The van der Waals surface area contributed by atoms with Gasteiger partial charge >= 0.3 is 0 Å². The summed E-state index contributed by atoms with van der Waals surface area (Å²) in [5, 5.41) is 26.1. The number of hydrogen-bond acceptors (Lipinski definition) is 6. The first-order valence-corrected chi connectivity index (χ1v) is 7.98. The van der Waals surface area contributed by atoms with Crippen LogP contribution in [-0.2, 0) is 18.4 Å². The first kappa shape index (κ1) is 17.1. The largest absolute Gasteiger partial charge is 0.376 e. The van der Waals surface area contributed by atoms with Gasteiger partial charge in [0.1, 0.15) is 0 Å². The lowest BCUT2D eigenvalue weighted by Gasteiger charge is -2.09. The molecule has 0 unspecified atom stereocenters. The van der Waals surface area contributed by atoms with Gasteiger partial charge in [-0.15, -0.1) is 5.10 Å². The molecule has 3 aromatic rings. The van der Waals surface area contributed by atoms with Gasteiger partial charge in [-0.3, -0.25) is 4.79 Å². The van der Waals surface area contributed by atoms with Gasteiger partial charge in [0.15, 0.2) is 5.82 Å². The van der Waals surface area contributed by atoms with Crippen LogP contribution in [0.15, 0.2) is 48.5 Å². The average molecular weight is 347 g/mol. The predicted octanol–water partition coefficient (Wildman–Crippen LogP) is 1.48. The highest BCUT2D eigenvalue weighted by atomic mass is 16.1. The molecule has 0 aliphatic heterocycles. The molecule has 0 atom stereocenters. The molecule has 0 saturated carbocycles. The molecule has 0 aliphatic rings. The SMILES string of the molecule is Cn1nnnc1-c1ccc(NCC(=O)NCc2cccc(C#N)c2)cc1. The van der Waals surface area contributed by atoms with E-state index in [4.69, 9.17) is 5.26 Å². The van der Waals surface area contributed by atoms with Crippen LogP contribution in [0.4, 0.5) is 5.69 Å². The smallest absolute Gasteiger partial charge is 0.239 e. The van der Waals surface area contributed by atoms with E-state index in [-0.39, 0.29) is 12.5 Å². The van der Waals surface area contributed by atoms with Gasteiger partial charge in [0.2, 0.25) is 5.91 Å². The maximum absolute atomic E-state index is 12.0. The number of carbonyl (C=O) groups excluding carboxylic acids is 1. The molecule has 130 valence electrons. The van der Waals surface area contributed by atoms with Crippen molar-refractivity contribution in [2.45, 2.75) is 6.54 Å². The Bertz CT molecular complexity index is 941. The van der Waals surface area contributed by atoms with Crippen LogP contribution in [0.3, 0.4) is 0 Å². The second-order valence-electron chi connectivity index (χ2n) is 5.65. The minimum Gasteiger partial charge on any atom is -0.376 e. The fourth-order valence-electron chi connectivity index (χ4n) is 2.41. The molecule has 1 aromatic heterocycles. The number of tetrazole rings is 1. The molecule has 0 fully saturated rings. The van der Waals surface area contributed by atoms with Gasteiger partial charge in [0.05, 0.1) is 18.2 Å². The van der Waals surface area contributed by atoms with Gasteiger partial charge in [-0.05, 0) is 52.4 Å². The fraction of sp³-hybridized carbons (Fsp3) is 0.167. The summed E-state index contributed by atoms with van der Waals surface area (Å²) < 4.78 is 1.59. The number of carbonyl (C=O) groups is 1. The highest BCUT2D eigenvalue weighted by molar-refractivity contribution is 5.80. The Morgan fingerprint density at radius 3 is 2.73 bits per heavy atom. The Hall–Kier alpha value is -3.73. The van der Waals surface area contributed by atoms with Crippen molar-refractivity contribution < 1.29 is 4.79 Å². The third-order valence-corrected chi connectivity index (χ3v) is 3.76. The van der Waals surface area contributed by atoms with E-state index in [0.717, 1.165) is 16.8 Å². The van der Waals surface area contributed by atoms with Crippen molar-refractivity contribution in [1.82, 2.24) is 25.5 Å². The normalized spacial score (nSPS) is 10.2. The van der Waals surface area contributed by atoms with Crippen molar-refractivity contribution in [1.29, 1.82) is 5.26 Å². The number of aryl methyl sites for hydroxylation is 1. The monoisotopic (exact) mass is 347 g/mol. The Morgan fingerprint density at radius 1 is 1.23 bits per heavy atom. The molecule has 3 rings (SSSR count). The number of nitrogens with zero attached hydrogens (tertiary/aromatic N) is 5. The van der Waals surface area contributed by atoms with Gasteiger partial charge in [0.25, 0.3) is 0 Å². The summed E-state index contributed by atoms with van der Waals surface area (Å²) in [6.45, 7) is 0.539. The maximum atomic E-state index is 12.0. The Balaban J connectivity index is 1.50. The number of hydrogen-bond donors (Lipinski definition) is 2. The topological polar surface area (TPSA) is 109 Å². The van der Waals surface area contributed by atoms with Gasteiger partial charge < -0.3 is 10.6 Å². The fourth-order valence-corrected chi connectivity index (χ4v) is 2.41. The number of benzene rings is 2. The Kier molecular flexibility index (Phi) is 5.19. The number of nitrogens with one attached hydrogen (secondary N) is 2. The highest BCUT2D eigenvalue weighted by Gasteiger charge is 2.06. The van der Waals surface area contributed by atoms with Crippen LogP contribution in [0, 0.1) is 11.3 Å². The lowest BCUT2D eigenvalue weighted by atomic mass is 10.1. The number of aromatic nitrogens is 4. The third kappa shape index (κ3) is 4.21. The summed E-state index contributed by atoms with van der Waals surface area (Å²) in [6.07, 6.45) is 0.